The van der Waals surface area contributed by atoms with Gasteiger partial charge in [0.1, 0.15) is 5.75 Å². The van der Waals surface area contributed by atoms with Crippen molar-refractivity contribution in [1.82, 2.24) is 15.2 Å². The number of aromatic nitrogens is 3. The smallest absolute Gasteiger partial charge is 0.278 e. The minimum Gasteiger partial charge on any atom is -0.507 e. The van der Waals surface area contributed by atoms with E-state index < -0.39 is 5.56 Å². The first kappa shape index (κ1) is 11.6. The number of benzene rings is 2. The lowest BCUT2D eigenvalue weighted by molar-refractivity contribution is 0.477. The van der Waals surface area contributed by atoms with Gasteiger partial charge in [-0.25, -0.2) is 0 Å². The molecule has 0 aliphatic carbocycles. The minimum absolute atomic E-state index is 0.00205. The quantitative estimate of drug-likeness (QED) is 0.593. The first-order chi connectivity index (χ1) is 9.16. The summed E-state index contributed by atoms with van der Waals surface area (Å²) < 4.78 is 0.147. The number of hydrogen-bond donors (Lipinski definition) is 3. The Kier molecular flexibility index (Phi) is 2.64. The second-order valence-corrected chi connectivity index (χ2v) is 4.44. The molecule has 0 unspecified atom stereocenters. The summed E-state index contributed by atoms with van der Waals surface area (Å²) in [5.41, 5.74) is 0.0731. The van der Waals surface area contributed by atoms with Gasteiger partial charge in [-0.3, -0.25) is 14.9 Å². The van der Waals surface area contributed by atoms with Crippen molar-refractivity contribution < 1.29 is 5.11 Å². The monoisotopic (exact) mass is 271 g/mol. The maximum absolute atomic E-state index is 11.9. The molecule has 0 saturated carbocycles. The van der Waals surface area contributed by atoms with E-state index in [0.29, 0.717) is 5.56 Å². The molecule has 6 heteroatoms. The highest BCUT2D eigenvalue weighted by Crippen LogP contribution is 2.33. The Labute approximate surface area is 112 Å². The van der Waals surface area contributed by atoms with E-state index in [2.05, 4.69) is 15.2 Å². The van der Waals surface area contributed by atoms with Gasteiger partial charge in [0.2, 0.25) is 0 Å². The highest BCUT2D eigenvalue weighted by molar-refractivity contribution is 7.71. The van der Waals surface area contributed by atoms with Gasteiger partial charge in [-0.15, -0.1) is 0 Å². The maximum atomic E-state index is 11.9. The lowest BCUT2D eigenvalue weighted by Crippen LogP contribution is -2.13. The number of nitrogens with zero attached hydrogens (tertiary/aromatic N) is 1. The van der Waals surface area contributed by atoms with Crippen LogP contribution in [0.15, 0.2) is 41.2 Å². The molecular weight excluding hydrogens is 262 g/mol. The summed E-state index contributed by atoms with van der Waals surface area (Å²) in [6.07, 6.45) is 0. The molecule has 94 valence electrons. The molecule has 5 nitrogen and oxygen atoms in total. The van der Waals surface area contributed by atoms with Crippen LogP contribution in [-0.2, 0) is 0 Å². The van der Waals surface area contributed by atoms with E-state index >= 15 is 0 Å². The van der Waals surface area contributed by atoms with Crippen molar-refractivity contribution in [2.75, 3.05) is 0 Å². The fourth-order valence-corrected chi connectivity index (χ4v) is 2.16. The number of phenols is 1. The van der Waals surface area contributed by atoms with Crippen LogP contribution < -0.4 is 5.56 Å². The Morgan fingerprint density at radius 1 is 1.16 bits per heavy atom. The van der Waals surface area contributed by atoms with E-state index in [4.69, 9.17) is 12.2 Å². The van der Waals surface area contributed by atoms with Gasteiger partial charge in [0.05, 0.1) is 5.56 Å². The van der Waals surface area contributed by atoms with Gasteiger partial charge < -0.3 is 5.11 Å². The Morgan fingerprint density at radius 2 is 1.95 bits per heavy atom. The number of hydrogen-bond acceptors (Lipinski definition) is 4. The van der Waals surface area contributed by atoms with E-state index in [1.165, 1.54) is 0 Å². The van der Waals surface area contributed by atoms with Crippen LogP contribution in [0, 0.1) is 4.77 Å². The second kappa shape index (κ2) is 4.33. The molecule has 3 rings (SSSR count). The zero-order valence-electron chi connectivity index (χ0n) is 9.68. The molecule has 1 heterocycles. The molecule has 0 spiro atoms. The molecule has 0 fully saturated rings. The van der Waals surface area contributed by atoms with Crippen molar-refractivity contribution in [2.24, 2.45) is 0 Å². The van der Waals surface area contributed by atoms with Gasteiger partial charge in [0.15, 0.2) is 10.5 Å². The van der Waals surface area contributed by atoms with Crippen molar-refractivity contribution in [3.05, 3.63) is 51.5 Å². The van der Waals surface area contributed by atoms with Crippen molar-refractivity contribution in [1.29, 1.82) is 0 Å². The van der Waals surface area contributed by atoms with Crippen LogP contribution >= 0.6 is 12.2 Å². The molecular formula is C13H9N3O2S. The maximum Gasteiger partial charge on any atom is 0.278 e. The molecule has 0 saturated heterocycles. The summed E-state index contributed by atoms with van der Waals surface area (Å²) in [4.78, 5) is 14.4. The van der Waals surface area contributed by atoms with E-state index in [1.807, 2.05) is 24.3 Å². The molecule has 3 aromatic rings. The average Bonchev–Trinajstić information content (AvgIpc) is 2.40. The summed E-state index contributed by atoms with van der Waals surface area (Å²) in [5.74, 6) is 0.00205. The molecule has 0 atom stereocenters. The first-order valence-corrected chi connectivity index (χ1v) is 5.98. The molecule has 2 aromatic carbocycles. The molecule has 1 aromatic heterocycles. The molecule has 0 radical (unpaired) electrons. The van der Waals surface area contributed by atoms with Crippen LogP contribution in [0.5, 0.6) is 5.75 Å². The molecule has 0 amide bonds. The fraction of sp³-hybridized carbons (Fsp3) is 0. The van der Waals surface area contributed by atoms with Gasteiger partial charge in [0.25, 0.3) is 5.56 Å². The van der Waals surface area contributed by atoms with E-state index in [-0.39, 0.29) is 16.2 Å². The average molecular weight is 271 g/mol. The third-order valence-electron chi connectivity index (χ3n) is 2.86. The molecule has 0 aliphatic heterocycles. The van der Waals surface area contributed by atoms with Crippen LogP contribution in [0.3, 0.4) is 0 Å². The Balaban J connectivity index is 2.45. The predicted molar refractivity (Wildman–Crippen MR) is 74.6 cm³/mol. The summed E-state index contributed by atoms with van der Waals surface area (Å²) in [6.45, 7) is 0. The lowest BCUT2D eigenvalue weighted by atomic mass is 10.0. The van der Waals surface area contributed by atoms with Gasteiger partial charge in [-0.05, 0) is 29.1 Å². The minimum atomic E-state index is -0.435. The summed E-state index contributed by atoms with van der Waals surface area (Å²) in [7, 11) is 0. The summed E-state index contributed by atoms with van der Waals surface area (Å²) in [6, 6.07) is 10.8. The SMILES string of the molecule is O=c1[nH]c(=S)[nH]nc1-c1c(O)ccc2ccccc12. The fourth-order valence-electron chi connectivity index (χ4n) is 2.03. The number of H-pyrrole nitrogens is 2. The third kappa shape index (κ3) is 1.92. The van der Waals surface area contributed by atoms with Gasteiger partial charge in [-0.1, -0.05) is 30.3 Å². The van der Waals surface area contributed by atoms with Gasteiger partial charge in [-0.2, -0.15) is 5.10 Å². The zero-order valence-corrected chi connectivity index (χ0v) is 10.5. The first-order valence-electron chi connectivity index (χ1n) is 5.57. The van der Waals surface area contributed by atoms with Crippen LogP contribution in [0.4, 0.5) is 0 Å². The molecule has 19 heavy (non-hydrogen) atoms. The second-order valence-electron chi connectivity index (χ2n) is 4.04. The van der Waals surface area contributed by atoms with Crippen LogP contribution in [-0.4, -0.2) is 20.3 Å². The van der Waals surface area contributed by atoms with Gasteiger partial charge >= 0.3 is 0 Å². The van der Waals surface area contributed by atoms with Crippen LogP contribution in [0.25, 0.3) is 22.0 Å². The number of fused-ring (bicyclic) bond motifs is 1. The molecule has 0 aliphatic rings. The standard InChI is InChI=1S/C13H9N3O2S/c17-9-6-5-7-3-1-2-4-8(7)10(9)11-12(18)14-13(19)16-15-11/h1-6,17H,(H2,14,16,18,19). The van der Waals surface area contributed by atoms with E-state index in [9.17, 15) is 9.90 Å². The number of rotatable bonds is 1. The predicted octanol–water partition coefficient (Wildman–Crippen LogP) is 2.35. The van der Waals surface area contributed by atoms with Crippen LogP contribution in [0.2, 0.25) is 0 Å². The highest BCUT2D eigenvalue weighted by atomic mass is 32.1. The molecule has 3 N–H and O–H groups in total. The van der Waals surface area contributed by atoms with Crippen molar-refractivity contribution in [3.63, 3.8) is 0 Å². The highest BCUT2D eigenvalue weighted by Gasteiger charge is 2.14. The Bertz CT molecular complexity index is 883. The number of aromatic amines is 2. The summed E-state index contributed by atoms with van der Waals surface area (Å²) in [5, 5.41) is 18.1. The number of nitrogens with one attached hydrogen (secondary N) is 2. The Morgan fingerprint density at radius 3 is 2.74 bits per heavy atom. The zero-order chi connectivity index (χ0) is 13.4. The largest absolute Gasteiger partial charge is 0.507 e. The summed E-state index contributed by atoms with van der Waals surface area (Å²) >= 11 is 4.80. The van der Waals surface area contributed by atoms with Crippen molar-refractivity contribution in [3.8, 4) is 17.0 Å². The normalized spacial score (nSPS) is 10.7. The number of phenolic OH excluding ortho intramolecular Hbond substituents is 1. The van der Waals surface area contributed by atoms with E-state index in [0.717, 1.165) is 10.8 Å². The van der Waals surface area contributed by atoms with E-state index in [1.54, 1.807) is 12.1 Å². The topological polar surface area (TPSA) is 81.8 Å². The van der Waals surface area contributed by atoms with Crippen molar-refractivity contribution in [2.45, 2.75) is 0 Å². The Hall–Kier alpha value is -2.47. The van der Waals surface area contributed by atoms with Crippen LogP contribution in [0.1, 0.15) is 0 Å². The third-order valence-corrected chi connectivity index (χ3v) is 3.05. The number of aromatic hydroxyl groups is 1. The molecule has 0 bridgehead atoms. The van der Waals surface area contributed by atoms with Crippen molar-refractivity contribution >= 4 is 23.0 Å². The van der Waals surface area contributed by atoms with Gasteiger partial charge in [0, 0.05) is 0 Å². The lowest BCUT2D eigenvalue weighted by Gasteiger charge is -2.07.